The molecule has 2 aromatic carbocycles. The Bertz CT molecular complexity index is 733. The SMILES string of the molecule is NCc1cccc(S(=O)(=O)Nc2cc(Br)ccc2Br)c1. The van der Waals surface area contributed by atoms with Crippen LogP contribution in [0.5, 0.6) is 0 Å². The molecule has 0 bridgehead atoms. The Kier molecular flexibility index (Phi) is 4.85. The van der Waals surface area contributed by atoms with E-state index in [1.807, 2.05) is 6.07 Å². The van der Waals surface area contributed by atoms with Crippen molar-refractivity contribution in [3.05, 3.63) is 57.0 Å². The molecule has 0 aromatic heterocycles. The fourth-order valence-electron chi connectivity index (χ4n) is 1.62. The minimum absolute atomic E-state index is 0.187. The van der Waals surface area contributed by atoms with Crippen molar-refractivity contribution in [2.75, 3.05) is 4.72 Å². The molecule has 0 fully saturated rings. The zero-order chi connectivity index (χ0) is 14.8. The van der Waals surface area contributed by atoms with Gasteiger partial charge in [-0.3, -0.25) is 4.72 Å². The van der Waals surface area contributed by atoms with Gasteiger partial charge in [0.25, 0.3) is 10.0 Å². The number of halogens is 2. The average Bonchev–Trinajstić information content (AvgIpc) is 2.43. The summed E-state index contributed by atoms with van der Waals surface area (Å²) in [5.41, 5.74) is 6.76. The van der Waals surface area contributed by atoms with Gasteiger partial charge in [-0.2, -0.15) is 0 Å². The second kappa shape index (κ2) is 6.26. The van der Waals surface area contributed by atoms with Crippen LogP contribution in [0.2, 0.25) is 0 Å². The number of hydrogen-bond acceptors (Lipinski definition) is 3. The molecule has 0 aliphatic carbocycles. The Balaban J connectivity index is 2.38. The highest BCUT2D eigenvalue weighted by Crippen LogP contribution is 2.28. The molecular formula is C13H12Br2N2O2S. The summed E-state index contributed by atoms with van der Waals surface area (Å²) in [6.07, 6.45) is 0. The van der Waals surface area contributed by atoms with Crippen molar-refractivity contribution in [3.8, 4) is 0 Å². The standard InChI is InChI=1S/C13H12Br2N2O2S/c14-10-4-5-12(15)13(7-10)17-20(18,19)11-3-1-2-9(6-11)8-16/h1-7,17H,8,16H2. The number of hydrogen-bond donors (Lipinski definition) is 2. The summed E-state index contributed by atoms with van der Waals surface area (Å²) in [4.78, 5) is 0.187. The molecule has 0 saturated carbocycles. The summed E-state index contributed by atoms with van der Waals surface area (Å²) >= 11 is 6.63. The highest BCUT2D eigenvalue weighted by atomic mass is 79.9. The molecule has 20 heavy (non-hydrogen) atoms. The van der Waals surface area contributed by atoms with Crippen molar-refractivity contribution in [1.82, 2.24) is 0 Å². The van der Waals surface area contributed by atoms with Crippen LogP contribution in [0.1, 0.15) is 5.56 Å². The molecule has 0 amide bonds. The van der Waals surface area contributed by atoms with E-state index in [4.69, 9.17) is 5.73 Å². The number of nitrogens with one attached hydrogen (secondary N) is 1. The summed E-state index contributed by atoms with van der Waals surface area (Å²) in [5.74, 6) is 0. The van der Waals surface area contributed by atoms with Crippen molar-refractivity contribution in [1.29, 1.82) is 0 Å². The molecule has 4 nitrogen and oxygen atoms in total. The third-order valence-corrected chi connectivity index (χ3v) is 5.17. The second-order valence-electron chi connectivity index (χ2n) is 4.08. The fourth-order valence-corrected chi connectivity index (χ4v) is 3.60. The highest BCUT2D eigenvalue weighted by molar-refractivity contribution is 9.11. The summed E-state index contributed by atoms with van der Waals surface area (Å²) in [5, 5.41) is 0. The molecule has 106 valence electrons. The van der Waals surface area contributed by atoms with Crippen LogP contribution in [0.25, 0.3) is 0 Å². The Morgan fingerprint density at radius 2 is 1.85 bits per heavy atom. The molecule has 0 atom stereocenters. The third kappa shape index (κ3) is 3.60. The first kappa shape index (κ1) is 15.5. The molecule has 2 aromatic rings. The molecule has 2 rings (SSSR count). The lowest BCUT2D eigenvalue weighted by atomic mass is 10.2. The predicted molar refractivity (Wildman–Crippen MR) is 87.0 cm³/mol. The van der Waals surface area contributed by atoms with Crippen LogP contribution in [0, 0.1) is 0 Å². The summed E-state index contributed by atoms with van der Waals surface area (Å²) in [7, 11) is -3.64. The van der Waals surface area contributed by atoms with Crippen molar-refractivity contribution >= 4 is 47.6 Å². The monoisotopic (exact) mass is 418 g/mol. The molecule has 0 aliphatic heterocycles. The van der Waals surface area contributed by atoms with E-state index in [1.54, 1.807) is 30.3 Å². The van der Waals surface area contributed by atoms with Crippen molar-refractivity contribution in [2.24, 2.45) is 5.73 Å². The lowest BCUT2D eigenvalue weighted by molar-refractivity contribution is 0.601. The third-order valence-electron chi connectivity index (χ3n) is 2.62. The van der Waals surface area contributed by atoms with Crippen LogP contribution < -0.4 is 10.5 Å². The molecule has 0 aliphatic rings. The minimum atomic E-state index is -3.64. The average molecular weight is 420 g/mol. The van der Waals surface area contributed by atoms with Gasteiger partial charge < -0.3 is 5.73 Å². The summed E-state index contributed by atoms with van der Waals surface area (Å²) in [6, 6.07) is 11.8. The highest BCUT2D eigenvalue weighted by Gasteiger charge is 2.16. The van der Waals surface area contributed by atoms with E-state index in [2.05, 4.69) is 36.6 Å². The van der Waals surface area contributed by atoms with E-state index in [-0.39, 0.29) is 4.90 Å². The van der Waals surface area contributed by atoms with Gasteiger partial charge in [-0.05, 0) is 51.8 Å². The van der Waals surface area contributed by atoms with Gasteiger partial charge in [0.1, 0.15) is 0 Å². The normalized spacial score (nSPS) is 11.3. The van der Waals surface area contributed by atoms with E-state index >= 15 is 0 Å². The maximum absolute atomic E-state index is 12.3. The maximum Gasteiger partial charge on any atom is 0.261 e. The lowest BCUT2D eigenvalue weighted by Gasteiger charge is -2.11. The first-order valence-electron chi connectivity index (χ1n) is 5.69. The molecular weight excluding hydrogens is 408 g/mol. The molecule has 0 unspecified atom stereocenters. The molecule has 0 spiro atoms. The number of anilines is 1. The first-order chi connectivity index (χ1) is 9.42. The molecule has 0 saturated heterocycles. The minimum Gasteiger partial charge on any atom is -0.326 e. The lowest BCUT2D eigenvalue weighted by Crippen LogP contribution is -2.14. The molecule has 3 N–H and O–H groups in total. The smallest absolute Gasteiger partial charge is 0.261 e. The van der Waals surface area contributed by atoms with Gasteiger partial charge in [-0.15, -0.1) is 0 Å². The quantitative estimate of drug-likeness (QED) is 0.796. The Labute approximate surface area is 134 Å². The van der Waals surface area contributed by atoms with E-state index in [0.717, 1.165) is 10.0 Å². The summed E-state index contributed by atoms with van der Waals surface area (Å²) < 4.78 is 28.7. The summed E-state index contributed by atoms with van der Waals surface area (Å²) in [6.45, 7) is 0.296. The predicted octanol–water partition coefficient (Wildman–Crippen LogP) is 3.47. The van der Waals surface area contributed by atoms with Crippen LogP contribution in [-0.4, -0.2) is 8.42 Å². The van der Waals surface area contributed by atoms with E-state index in [1.165, 1.54) is 6.07 Å². The van der Waals surface area contributed by atoms with E-state index in [0.29, 0.717) is 16.7 Å². The van der Waals surface area contributed by atoms with E-state index in [9.17, 15) is 8.42 Å². The second-order valence-corrected chi connectivity index (χ2v) is 7.53. The molecule has 0 radical (unpaired) electrons. The van der Waals surface area contributed by atoms with Gasteiger partial charge in [0.05, 0.1) is 10.6 Å². The van der Waals surface area contributed by atoms with Crippen LogP contribution in [-0.2, 0) is 16.6 Å². The van der Waals surface area contributed by atoms with Gasteiger partial charge in [0.15, 0.2) is 0 Å². The van der Waals surface area contributed by atoms with Gasteiger partial charge in [-0.1, -0.05) is 28.1 Å². The topological polar surface area (TPSA) is 72.2 Å². The number of benzene rings is 2. The van der Waals surface area contributed by atoms with Gasteiger partial charge in [0, 0.05) is 15.5 Å². The van der Waals surface area contributed by atoms with Crippen LogP contribution >= 0.6 is 31.9 Å². The first-order valence-corrected chi connectivity index (χ1v) is 8.76. The van der Waals surface area contributed by atoms with Crippen molar-refractivity contribution in [2.45, 2.75) is 11.4 Å². The van der Waals surface area contributed by atoms with Gasteiger partial charge >= 0.3 is 0 Å². The van der Waals surface area contributed by atoms with Crippen LogP contribution in [0.4, 0.5) is 5.69 Å². The Morgan fingerprint density at radius 1 is 1.10 bits per heavy atom. The largest absolute Gasteiger partial charge is 0.326 e. The molecule has 0 heterocycles. The zero-order valence-corrected chi connectivity index (χ0v) is 14.3. The number of sulfonamides is 1. The van der Waals surface area contributed by atoms with Gasteiger partial charge in [-0.25, -0.2) is 8.42 Å². The van der Waals surface area contributed by atoms with Crippen LogP contribution in [0.3, 0.4) is 0 Å². The van der Waals surface area contributed by atoms with Crippen molar-refractivity contribution in [3.63, 3.8) is 0 Å². The number of rotatable bonds is 4. The molecule has 7 heteroatoms. The Hall–Kier alpha value is -0.890. The fraction of sp³-hybridized carbons (Fsp3) is 0.0769. The maximum atomic E-state index is 12.3. The van der Waals surface area contributed by atoms with Crippen molar-refractivity contribution < 1.29 is 8.42 Å². The Morgan fingerprint density at radius 3 is 2.55 bits per heavy atom. The number of nitrogens with two attached hydrogens (primary N) is 1. The zero-order valence-electron chi connectivity index (χ0n) is 10.3. The van der Waals surface area contributed by atoms with E-state index < -0.39 is 10.0 Å². The van der Waals surface area contributed by atoms with Gasteiger partial charge in [0.2, 0.25) is 0 Å². The van der Waals surface area contributed by atoms with Crippen LogP contribution in [0.15, 0.2) is 56.3 Å².